The molecule has 5 nitrogen and oxygen atoms in total. The van der Waals surface area contributed by atoms with Gasteiger partial charge < -0.3 is 17.7 Å². The van der Waals surface area contributed by atoms with Crippen LogP contribution in [0.4, 0.5) is 0 Å². The smallest absolute Gasteiger partial charge is 0.378 e. The zero-order valence-corrected chi connectivity index (χ0v) is 15.8. The lowest BCUT2D eigenvalue weighted by atomic mass is 9.97. The monoisotopic (exact) mass is 328 g/mol. The molecule has 0 aliphatic rings. The Bertz CT molecular complexity index is 461. The van der Waals surface area contributed by atoms with E-state index in [-0.39, 0.29) is 5.78 Å². The topological polar surface area (TPSA) is 54.0 Å². The summed E-state index contributed by atoms with van der Waals surface area (Å²) in [7, 11) is -0.167. The van der Waals surface area contributed by atoms with Gasteiger partial charge in [0.1, 0.15) is 11.4 Å². The average molecular weight is 329 g/mol. The molecule has 0 amide bonds. The Hall–Kier alpha value is -0.996. The molecule has 0 spiro atoms. The van der Waals surface area contributed by atoms with Crippen LogP contribution in [0.25, 0.3) is 0 Å². The van der Waals surface area contributed by atoms with E-state index >= 15 is 0 Å². The molecule has 0 saturated carbocycles. The minimum Gasteiger partial charge on any atom is -0.522 e. The molecule has 0 saturated heterocycles. The fraction of sp³-hybridized carbons (Fsp3) is 0.500. The summed E-state index contributed by atoms with van der Waals surface area (Å²) in [5, 5.41) is 0. The second kappa shape index (κ2) is 7.85. The van der Waals surface area contributed by atoms with Crippen LogP contribution in [0.3, 0.4) is 0 Å². The van der Waals surface area contributed by atoms with E-state index in [1.165, 1.54) is 0 Å². The number of carbonyl (C=O) groups is 1. The van der Waals surface area contributed by atoms with Gasteiger partial charge in [-0.05, 0) is 51.2 Å². The Kier molecular flexibility index (Phi) is 6.75. The average Bonchev–Trinajstić information content (AvgIpc) is 2.46. The molecule has 21 heavy (non-hydrogen) atoms. The summed E-state index contributed by atoms with van der Waals surface area (Å²) in [6.45, 7) is 7.36. The number of benzene rings is 1. The molecular formula is C14H24O5Si2. The molecule has 2 atom stereocenters. The molecule has 0 bridgehead atoms. The highest BCUT2D eigenvalue weighted by atomic mass is 28.3. The first kappa shape index (κ1) is 18.1. The molecule has 118 valence electrons. The van der Waals surface area contributed by atoms with Crippen molar-refractivity contribution in [2.75, 3.05) is 14.2 Å². The lowest BCUT2D eigenvalue weighted by Crippen LogP contribution is -2.40. The maximum atomic E-state index is 12.5. The van der Waals surface area contributed by atoms with Crippen LogP contribution in [0.1, 0.15) is 24.2 Å². The van der Waals surface area contributed by atoms with Crippen LogP contribution in [0.15, 0.2) is 24.3 Å². The third-order valence-electron chi connectivity index (χ3n) is 3.09. The van der Waals surface area contributed by atoms with E-state index in [4.69, 9.17) is 17.7 Å². The lowest BCUT2D eigenvalue weighted by molar-refractivity contribution is 0.0488. The molecule has 0 aliphatic heterocycles. The summed E-state index contributed by atoms with van der Waals surface area (Å²) in [5.74, 6) is 0.647. The van der Waals surface area contributed by atoms with Crippen molar-refractivity contribution < 1.29 is 22.5 Å². The standard InChI is InChI=1S/C14H24O5Si2/c1-14(2,19-21(6)17-4)13(15)11-7-9-12(10-8-11)18-20(5)16-3/h7-10,20-21H,1-6H3. The summed E-state index contributed by atoms with van der Waals surface area (Å²) in [4.78, 5) is 12.5. The number of hydrogen-bond donors (Lipinski definition) is 0. The van der Waals surface area contributed by atoms with E-state index in [0.29, 0.717) is 11.3 Å². The van der Waals surface area contributed by atoms with Crippen molar-refractivity contribution in [3.8, 4) is 5.75 Å². The zero-order valence-electron chi connectivity index (χ0n) is 13.5. The number of rotatable bonds is 8. The molecule has 1 aromatic rings. The van der Waals surface area contributed by atoms with Gasteiger partial charge in [0.25, 0.3) is 0 Å². The number of hydrogen-bond acceptors (Lipinski definition) is 5. The maximum Gasteiger partial charge on any atom is 0.378 e. The van der Waals surface area contributed by atoms with E-state index in [1.54, 1.807) is 52.3 Å². The number of ketones is 1. The van der Waals surface area contributed by atoms with Gasteiger partial charge in [0, 0.05) is 19.8 Å². The van der Waals surface area contributed by atoms with Crippen LogP contribution in [0, 0.1) is 0 Å². The van der Waals surface area contributed by atoms with Crippen LogP contribution in [0.2, 0.25) is 13.1 Å². The molecule has 0 heterocycles. The highest BCUT2D eigenvalue weighted by Gasteiger charge is 2.31. The van der Waals surface area contributed by atoms with E-state index in [0.717, 1.165) is 0 Å². The largest absolute Gasteiger partial charge is 0.522 e. The summed E-state index contributed by atoms with van der Waals surface area (Å²) in [6, 6.07) is 7.06. The van der Waals surface area contributed by atoms with Crippen LogP contribution >= 0.6 is 0 Å². The normalized spacial score (nSPS) is 14.6. The molecular weight excluding hydrogens is 304 g/mol. The van der Waals surface area contributed by atoms with E-state index in [1.807, 2.05) is 13.1 Å². The van der Waals surface area contributed by atoms with Gasteiger partial charge in [-0.1, -0.05) is 0 Å². The van der Waals surface area contributed by atoms with Crippen LogP contribution < -0.4 is 4.43 Å². The first-order chi connectivity index (χ1) is 9.80. The van der Waals surface area contributed by atoms with Crippen molar-refractivity contribution >= 4 is 24.4 Å². The quantitative estimate of drug-likeness (QED) is 0.540. The highest BCUT2D eigenvalue weighted by molar-refractivity contribution is 6.43. The van der Waals surface area contributed by atoms with Gasteiger partial charge in [-0.2, -0.15) is 0 Å². The van der Waals surface area contributed by atoms with Gasteiger partial charge in [0.15, 0.2) is 5.78 Å². The Morgan fingerprint density at radius 1 is 1.00 bits per heavy atom. The minimum atomic E-state index is -1.78. The number of Topliss-reactive ketones (excluding diaryl/α,β-unsaturated/α-hetero) is 1. The first-order valence-electron chi connectivity index (χ1n) is 6.85. The van der Waals surface area contributed by atoms with Crippen molar-refractivity contribution in [3.63, 3.8) is 0 Å². The molecule has 0 fully saturated rings. The molecule has 0 radical (unpaired) electrons. The first-order valence-corrected chi connectivity index (χ1v) is 11.0. The van der Waals surface area contributed by atoms with E-state index in [2.05, 4.69) is 0 Å². The molecule has 2 unspecified atom stereocenters. The van der Waals surface area contributed by atoms with Gasteiger partial charge in [-0.25, -0.2) is 0 Å². The summed E-state index contributed by atoms with van der Waals surface area (Å²) >= 11 is 0. The Labute approximate surface area is 129 Å². The molecule has 1 aromatic carbocycles. The van der Waals surface area contributed by atoms with E-state index in [9.17, 15) is 4.79 Å². The fourth-order valence-electron chi connectivity index (χ4n) is 1.79. The van der Waals surface area contributed by atoms with Gasteiger partial charge >= 0.3 is 18.6 Å². The predicted octanol–water partition coefficient (Wildman–Crippen LogP) is 2.04. The number of carbonyl (C=O) groups excluding carboxylic acids is 1. The SMILES string of the molecule is CO[SiH](C)Oc1ccc(C(=O)C(C)(C)O[SiH](C)OC)cc1. The molecule has 1 rings (SSSR count). The highest BCUT2D eigenvalue weighted by Crippen LogP contribution is 2.21. The van der Waals surface area contributed by atoms with Crippen molar-refractivity contribution in [2.24, 2.45) is 0 Å². The van der Waals surface area contributed by atoms with Gasteiger partial charge in [-0.3, -0.25) is 4.79 Å². The van der Waals surface area contributed by atoms with Crippen molar-refractivity contribution in [1.29, 1.82) is 0 Å². The Morgan fingerprint density at radius 2 is 1.52 bits per heavy atom. The Morgan fingerprint density at radius 3 is 2.00 bits per heavy atom. The molecule has 0 aromatic heterocycles. The van der Waals surface area contributed by atoms with Gasteiger partial charge in [0.2, 0.25) is 0 Å². The Balaban J connectivity index is 2.78. The van der Waals surface area contributed by atoms with Crippen molar-refractivity contribution in [1.82, 2.24) is 0 Å². The van der Waals surface area contributed by atoms with Crippen molar-refractivity contribution in [2.45, 2.75) is 32.5 Å². The van der Waals surface area contributed by atoms with Gasteiger partial charge in [-0.15, -0.1) is 0 Å². The molecule has 0 aliphatic carbocycles. The summed E-state index contributed by atoms with van der Waals surface area (Å²) in [6.07, 6.45) is 0. The van der Waals surface area contributed by atoms with Crippen molar-refractivity contribution in [3.05, 3.63) is 29.8 Å². The third kappa shape index (κ3) is 5.36. The summed E-state index contributed by atoms with van der Waals surface area (Å²) < 4.78 is 21.7. The van der Waals surface area contributed by atoms with Crippen LogP contribution in [-0.2, 0) is 13.3 Å². The summed E-state index contributed by atoms with van der Waals surface area (Å²) in [5.41, 5.74) is -0.296. The van der Waals surface area contributed by atoms with Crippen LogP contribution in [-0.4, -0.2) is 44.2 Å². The lowest BCUT2D eigenvalue weighted by Gasteiger charge is -2.27. The molecule has 0 N–H and O–H groups in total. The second-order valence-electron chi connectivity index (χ2n) is 5.21. The minimum absolute atomic E-state index is 0.0671. The predicted molar refractivity (Wildman–Crippen MR) is 86.6 cm³/mol. The van der Waals surface area contributed by atoms with E-state index < -0.39 is 24.2 Å². The molecule has 7 heteroatoms. The fourth-order valence-corrected chi connectivity index (χ4v) is 3.46. The maximum absolute atomic E-state index is 12.5. The second-order valence-corrected chi connectivity index (χ2v) is 8.89. The third-order valence-corrected chi connectivity index (χ3v) is 5.94. The zero-order chi connectivity index (χ0) is 16.0. The van der Waals surface area contributed by atoms with Crippen LogP contribution in [0.5, 0.6) is 5.75 Å². The van der Waals surface area contributed by atoms with Gasteiger partial charge in [0.05, 0.1) is 0 Å².